The molecule has 0 saturated carbocycles. The van der Waals surface area contributed by atoms with E-state index in [0.29, 0.717) is 25.2 Å². The van der Waals surface area contributed by atoms with Crippen LogP contribution in [0.4, 0.5) is 0 Å². The van der Waals surface area contributed by atoms with Crippen LogP contribution in [0, 0.1) is 0 Å². The molecule has 1 aliphatic heterocycles. The van der Waals surface area contributed by atoms with Gasteiger partial charge in [0.05, 0.1) is 5.97 Å². The summed E-state index contributed by atoms with van der Waals surface area (Å²) in [7, 11) is 0. The number of carboxylic acid groups (broad SMARTS) is 1. The fourth-order valence-electron chi connectivity index (χ4n) is 1.87. The molecule has 0 unspecified atom stereocenters. The van der Waals surface area contributed by atoms with Gasteiger partial charge in [0.15, 0.2) is 0 Å². The Labute approximate surface area is 122 Å². The maximum absolute atomic E-state index is 10.8. The third kappa shape index (κ3) is 6.12. The van der Waals surface area contributed by atoms with Gasteiger partial charge in [0.1, 0.15) is 0 Å². The number of hydrogen-bond acceptors (Lipinski definition) is 6. The number of carbonyl (C=O) groups is 1. The summed E-state index contributed by atoms with van der Waals surface area (Å²) >= 11 is 0. The number of carbonyl (C=O) groups excluding carboxylic acids is 1. The number of aromatic nitrogens is 4. The number of tetrazole rings is 1. The topological polar surface area (TPSA) is 194 Å². The molecule has 1 aromatic rings. The Balaban J connectivity index is -0.000000640. The average molecular weight is 331 g/mol. The van der Waals surface area contributed by atoms with Gasteiger partial charge in [-0.2, -0.15) is 5.21 Å². The van der Waals surface area contributed by atoms with Crippen molar-refractivity contribution in [1.82, 2.24) is 25.5 Å². The van der Waals surface area contributed by atoms with Crippen LogP contribution in [-0.2, 0) is 41.6 Å². The van der Waals surface area contributed by atoms with Crippen molar-refractivity contribution in [3.63, 3.8) is 0 Å². The second kappa shape index (κ2) is 10.9. The van der Waals surface area contributed by atoms with E-state index in [2.05, 4.69) is 20.6 Å². The fourth-order valence-corrected chi connectivity index (χ4v) is 1.87. The zero-order valence-electron chi connectivity index (χ0n) is 10.5. The van der Waals surface area contributed by atoms with Crippen molar-refractivity contribution >= 4 is 5.97 Å². The molecule has 0 bridgehead atoms. The second-order valence-electron chi connectivity index (χ2n) is 3.56. The van der Waals surface area contributed by atoms with E-state index in [4.69, 9.17) is 0 Å². The predicted octanol–water partition coefficient (Wildman–Crippen LogP) is -5.09. The number of nitrogens with zero attached hydrogens (tertiary/aromatic N) is 5. The van der Waals surface area contributed by atoms with Crippen LogP contribution in [0.1, 0.15) is 18.7 Å². The molecule has 0 spiro atoms. The quantitative estimate of drug-likeness (QED) is 0.388. The average Bonchev–Trinajstić information content (AvgIpc) is 2.86. The van der Waals surface area contributed by atoms with E-state index in [1.165, 1.54) is 0 Å². The van der Waals surface area contributed by atoms with E-state index in [9.17, 15) is 9.90 Å². The molecule has 1 atom stereocenters. The van der Waals surface area contributed by atoms with E-state index in [-0.39, 0.29) is 35.9 Å². The molecule has 1 fully saturated rings. The molecule has 11 heteroatoms. The monoisotopic (exact) mass is 329 g/mol. The van der Waals surface area contributed by atoms with Crippen LogP contribution >= 0.6 is 0 Å². The van der Waals surface area contributed by atoms with Gasteiger partial charge in [-0.15, -0.1) is 0 Å². The predicted molar refractivity (Wildman–Crippen MR) is 59.8 cm³/mol. The van der Waals surface area contributed by atoms with Crippen molar-refractivity contribution < 1.29 is 45.8 Å². The molecular weight excluding hydrogens is 312 g/mol. The fraction of sp³-hybridized carbons (Fsp3) is 0.750. The zero-order chi connectivity index (χ0) is 10.7. The van der Waals surface area contributed by atoms with Gasteiger partial charge in [-0.3, -0.25) is 15.2 Å². The third-order valence-electron chi connectivity index (χ3n) is 2.62. The van der Waals surface area contributed by atoms with Crippen molar-refractivity contribution in [3.05, 3.63) is 5.82 Å². The maximum Gasteiger partial charge on any atom is 2.00 e. The largest absolute Gasteiger partial charge is 2.00 e. The minimum Gasteiger partial charge on any atom is -0.548 e. The Morgan fingerprint density at radius 2 is 2.16 bits per heavy atom. The van der Waals surface area contributed by atoms with E-state index >= 15 is 0 Å². The van der Waals surface area contributed by atoms with E-state index in [0.717, 1.165) is 13.0 Å². The molecule has 8 N–H and O–H groups in total. The molecule has 1 aliphatic rings. The van der Waals surface area contributed by atoms with Crippen molar-refractivity contribution in [2.45, 2.75) is 25.3 Å². The standard InChI is InChI=1S/C8H13N5O2.3H2O.Zn/c14-8(15)6-2-1-4-13(6)5-3-7-9-11-12-10-7;;;;/h6H,1-5H2,(H2,9,10,11,12,14,15);3*1H2;/q;;;;+2/t6-;;;;/m1..../s1. The first kappa shape index (κ1) is 23.1. The number of likely N-dealkylation sites (tertiary alicyclic amines) is 1. The molecule has 2 rings (SSSR count). The van der Waals surface area contributed by atoms with Crippen LogP contribution in [-0.4, -0.2) is 51.0 Å². The summed E-state index contributed by atoms with van der Waals surface area (Å²) in [5.41, 5.74) is 0. The van der Waals surface area contributed by atoms with Crippen LogP contribution in [0.3, 0.4) is 0 Å². The molecule has 1 saturated heterocycles. The van der Waals surface area contributed by atoms with E-state index < -0.39 is 12.0 Å². The van der Waals surface area contributed by atoms with Gasteiger partial charge in [-0.05, 0) is 25.8 Å². The van der Waals surface area contributed by atoms with Gasteiger partial charge in [-0.1, -0.05) is 0 Å². The summed E-state index contributed by atoms with van der Waals surface area (Å²) in [6, 6.07) is -0.458. The first-order valence-corrected chi connectivity index (χ1v) is 4.90. The second-order valence-corrected chi connectivity index (χ2v) is 3.56. The molecule has 0 amide bonds. The molecule has 10 nitrogen and oxygen atoms in total. The normalized spacial score (nSPS) is 17.4. The van der Waals surface area contributed by atoms with Crippen molar-refractivity contribution in [2.75, 3.05) is 13.1 Å². The maximum atomic E-state index is 10.8. The summed E-state index contributed by atoms with van der Waals surface area (Å²) in [5, 5.41) is 24.9. The molecule has 19 heavy (non-hydrogen) atoms. The number of aliphatic carboxylic acids is 1. The van der Waals surface area contributed by atoms with Gasteiger partial charge >= 0.3 is 19.5 Å². The van der Waals surface area contributed by atoms with Gasteiger partial charge in [0, 0.05) is 18.4 Å². The van der Waals surface area contributed by atoms with Gasteiger partial charge in [0.2, 0.25) is 0 Å². The smallest absolute Gasteiger partial charge is 0.548 e. The molecule has 0 aromatic carbocycles. The minimum absolute atomic E-state index is 0. The summed E-state index contributed by atoms with van der Waals surface area (Å²) in [5.74, 6) is -0.439. The SMILES string of the molecule is O.O=C([O-])[C@H]1CCCN1CCc1nnn[n-]1.[OH3+].[OH3+].[Zn+2]. The van der Waals surface area contributed by atoms with Crippen molar-refractivity contribution in [1.29, 1.82) is 0 Å². The first-order chi connectivity index (χ1) is 7.27. The van der Waals surface area contributed by atoms with Gasteiger partial charge in [0.25, 0.3) is 0 Å². The molecule has 106 valence electrons. The Kier molecular flexibility index (Phi) is 13.2. The van der Waals surface area contributed by atoms with Gasteiger partial charge < -0.3 is 31.4 Å². The molecule has 2 heterocycles. The van der Waals surface area contributed by atoms with E-state index in [1.807, 2.05) is 4.90 Å². The van der Waals surface area contributed by atoms with Crippen LogP contribution in [0.5, 0.6) is 0 Å². The van der Waals surface area contributed by atoms with Crippen LogP contribution < -0.4 is 10.2 Å². The van der Waals surface area contributed by atoms with Crippen LogP contribution in [0.25, 0.3) is 0 Å². The van der Waals surface area contributed by atoms with Crippen LogP contribution in [0.15, 0.2) is 0 Å². The van der Waals surface area contributed by atoms with Crippen molar-refractivity contribution in [3.8, 4) is 0 Å². The Morgan fingerprint density at radius 1 is 1.47 bits per heavy atom. The molecular formula is C8H19N5O5Zn+2. The van der Waals surface area contributed by atoms with Crippen LogP contribution in [0.2, 0.25) is 0 Å². The van der Waals surface area contributed by atoms with Gasteiger partial charge in [-0.25, -0.2) is 0 Å². The number of rotatable bonds is 4. The summed E-state index contributed by atoms with van der Waals surface area (Å²) in [4.78, 5) is 12.6. The number of carboxylic acids is 1. The Bertz CT molecular complexity index is 338. The zero-order valence-corrected chi connectivity index (χ0v) is 13.5. The molecule has 0 radical (unpaired) electrons. The molecule has 1 aromatic heterocycles. The van der Waals surface area contributed by atoms with Crippen molar-refractivity contribution in [2.24, 2.45) is 0 Å². The summed E-state index contributed by atoms with van der Waals surface area (Å²) < 4.78 is 0. The van der Waals surface area contributed by atoms with E-state index in [1.54, 1.807) is 0 Å². The molecule has 0 aliphatic carbocycles. The minimum atomic E-state index is -0.993. The summed E-state index contributed by atoms with van der Waals surface area (Å²) in [6.07, 6.45) is 2.15. The Morgan fingerprint density at radius 3 is 2.68 bits per heavy atom. The number of hydrogen-bond donors (Lipinski definition) is 0. The first-order valence-electron chi connectivity index (χ1n) is 4.90. The third-order valence-corrected chi connectivity index (χ3v) is 2.62. The summed E-state index contributed by atoms with van der Waals surface area (Å²) in [6.45, 7) is 1.41. The Hall–Kier alpha value is -0.997.